The Bertz CT molecular complexity index is 744. The SMILES string of the molecule is Cc1ccc(N2CCC(NC(=O)Nc3ccc(Br)cc3)C2=O)cc1. The molecule has 1 saturated heterocycles. The van der Waals surface area contributed by atoms with Gasteiger partial charge in [-0.1, -0.05) is 33.6 Å². The molecule has 0 radical (unpaired) electrons. The molecule has 124 valence electrons. The van der Waals surface area contributed by atoms with Crippen molar-refractivity contribution >= 4 is 39.2 Å². The molecule has 2 N–H and O–H groups in total. The highest BCUT2D eigenvalue weighted by atomic mass is 79.9. The topological polar surface area (TPSA) is 61.4 Å². The van der Waals surface area contributed by atoms with Gasteiger partial charge in [0.25, 0.3) is 0 Å². The van der Waals surface area contributed by atoms with E-state index < -0.39 is 6.04 Å². The lowest BCUT2D eigenvalue weighted by atomic mass is 10.2. The van der Waals surface area contributed by atoms with Crippen molar-refractivity contribution in [1.82, 2.24) is 5.32 Å². The van der Waals surface area contributed by atoms with Crippen LogP contribution in [0.2, 0.25) is 0 Å². The molecule has 0 aromatic heterocycles. The van der Waals surface area contributed by atoms with Gasteiger partial charge in [0.2, 0.25) is 5.91 Å². The summed E-state index contributed by atoms with van der Waals surface area (Å²) in [6, 6.07) is 14.2. The van der Waals surface area contributed by atoms with Crippen LogP contribution in [0, 0.1) is 6.92 Å². The number of carbonyl (C=O) groups is 2. The fourth-order valence-electron chi connectivity index (χ4n) is 2.65. The first kappa shape index (κ1) is 16.5. The van der Waals surface area contributed by atoms with Gasteiger partial charge in [-0.3, -0.25) is 4.79 Å². The van der Waals surface area contributed by atoms with E-state index in [9.17, 15) is 9.59 Å². The number of halogens is 1. The van der Waals surface area contributed by atoms with Gasteiger partial charge in [-0.2, -0.15) is 0 Å². The molecule has 0 aliphatic carbocycles. The number of rotatable bonds is 3. The minimum Gasteiger partial charge on any atom is -0.326 e. The molecule has 24 heavy (non-hydrogen) atoms. The summed E-state index contributed by atoms with van der Waals surface area (Å²) in [7, 11) is 0. The van der Waals surface area contributed by atoms with Crippen LogP contribution in [0.1, 0.15) is 12.0 Å². The van der Waals surface area contributed by atoms with Gasteiger partial charge >= 0.3 is 6.03 Å². The van der Waals surface area contributed by atoms with Gasteiger partial charge in [0.1, 0.15) is 6.04 Å². The highest BCUT2D eigenvalue weighted by Crippen LogP contribution is 2.22. The maximum atomic E-state index is 12.5. The highest BCUT2D eigenvalue weighted by molar-refractivity contribution is 9.10. The Labute approximate surface area is 149 Å². The lowest BCUT2D eigenvalue weighted by molar-refractivity contribution is -0.118. The minimum absolute atomic E-state index is 0.0789. The normalized spacial score (nSPS) is 17.0. The van der Waals surface area contributed by atoms with Gasteiger partial charge in [-0.05, 0) is 49.7 Å². The van der Waals surface area contributed by atoms with Crippen LogP contribution in [-0.4, -0.2) is 24.5 Å². The number of carbonyl (C=O) groups excluding carboxylic acids is 2. The smallest absolute Gasteiger partial charge is 0.319 e. The number of amides is 3. The van der Waals surface area contributed by atoms with Crippen LogP contribution in [0.15, 0.2) is 53.0 Å². The number of nitrogens with zero attached hydrogens (tertiary/aromatic N) is 1. The lowest BCUT2D eigenvalue weighted by Gasteiger charge is -2.17. The molecule has 1 atom stereocenters. The highest BCUT2D eigenvalue weighted by Gasteiger charge is 2.33. The molecule has 3 rings (SSSR count). The predicted octanol–water partition coefficient (Wildman–Crippen LogP) is 3.68. The molecule has 0 saturated carbocycles. The van der Waals surface area contributed by atoms with Crippen molar-refractivity contribution in [3.63, 3.8) is 0 Å². The van der Waals surface area contributed by atoms with Crippen LogP contribution in [0.25, 0.3) is 0 Å². The second-order valence-electron chi connectivity index (χ2n) is 5.77. The van der Waals surface area contributed by atoms with Crippen molar-refractivity contribution in [2.24, 2.45) is 0 Å². The third-order valence-electron chi connectivity index (χ3n) is 3.96. The van der Waals surface area contributed by atoms with E-state index in [1.165, 1.54) is 0 Å². The monoisotopic (exact) mass is 387 g/mol. The number of nitrogens with one attached hydrogen (secondary N) is 2. The van der Waals surface area contributed by atoms with Crippen molar-refractivity contribution in [3.05, 3.63) is 58.6 Å². The van der Waals surface area contributed by atoms with E-state index in [0.29, 0.717) is 18.7 Å². The van der Waals surface area contributed by atoms with Crippen molar-refractivity contribution in [2.75, 3.05) is 16.8 Å². The zero-order valence-electron chi connectivity index (χ0n) is 13.3. The lowest BCUT2D eigenvalue weighted by Crippen LogP contribution is -2.43. The summed E-state index contributed by atoms with van der Waals surface area (Å²) in [5.74, 6) is -0.0789. The average molecular weight is 388 g/mol. The van der Waals surface area contributed by atoms with Crippen molar-refractivity contribution < 1.29 is 9.59 Å². The molecular weight excluding hydrogens is 370 g/mol. The van der Waals surface area contributed by atoms with Gasteiger partial charge in [0, 0.05) is 22.4 Å². The summed E-state index contributed by atoms with van der Waals surface area (Å²) in [6.07, 6.45) is 0.598. The van der Waals surface area contributed by atoms with Crippen molar-refractivity contribution in [3.8, 4) is 0 Å². The van der Waals surface area contributed by atoms with Gasteiger partial charge in [-0.25, -0.2) is 4.79 Å². The zero-order chi connectivity index (χ0) is 17.1. The number of hydrogen-bond donors (Lipinski definition) is 2. The summed E-state index contributed by atoms with van der Waals surface area (Å²) < 4.78 is 0.938. The van der Waals surface area contributed by atoms with Gasteiger partial charge in [0.15, 0.2) is 0 Å². The number of aryl methyl sites for hydroxylation is 1. The Kier molecular flexibility index (Phi) is 4.85. The van der Waals surface area contributed by atoms with Crippen LogP contribution >= 0.6 is 15.9 Å². The van der Waals surface area contributed by atoms with E-state index in [0.717, 1.165) is 15.7 Å². The second-order valence-corrected chi connectivity index (χ2v) is 6.69. The number of urea groups is 1. The molecule has 1 aliphatic rings. The third kappa shape index (κ3) is 3.76. The molecule has 5 nitrogen and oxygen atoms in total. The predicted molar refractivity (Wildman–Crippen MR) is 98.2 cm³/mol. The fraction of sp³-hybridized carbons (Fsp3) is 0.222. The molecule has 6 heteroatoms. The number of anilines is 2. The van der Waals surface area contributed by atoms with E-state index >= 15 is 0 Å². The molecule has 1 unspecified atom stereocenters. The first-order valence-electron chi connectivity index (χ1n) is 7.74. The van der Waals surface area contributed by atoms with Crippen LogP contribution < -0.4 is 15.5 Å². The van der Waals surface area contributed by atoms with E-state index in [1.807, 2.05) is 43.3 Å². The molecule has 2 aromatic carbocycles. The van der Waals surface area contributed by atoms with Gasteiger partial charge < -0.3 is 15.5 Å². The van der Waals surface area contributed by atoms with E-state index in [2.05, 4.69) is 26.6 Å². The Morgan fingerprint density at radius 3 is 2.46 bits per heavy atom. The van der Waals surface area contributed by atoms with Crippen molar-refractivity contribution in [1.29, 1.82) is 0 Å². The Morgan fingerprint density at radius 1 is 1.12 bits per heavy atom. The molecule has 3 amide bonds. The maximum absolute atomic E-state index is 12.5. The second kappa shape index (κ2) is 7.05. The van der Waals surface area contributed by atoms with E-state index in [-0.39, 0.29) is 11.9 Å². The summed E-state index contributed by atoms with van der Waals surface area (Å²) in [4.78, 5) is 26.3. The third-order valence-corrected chi connectivity index (χ3v) is 4.49. The zero-order valence-corrected chi connectivity index (χ0v) is 14.8. The Morgan fingerprint density at radius 2 is 1.79 bits per heavy atom. The Balaban J connectivity index is 1.60. The molecule has 1 fully saturated rings. The van der Waals surface area contributed by atoms with Crippen LogP contribution in [-0.2, 0) is 4.79 Å². The largest absolute Gasteiger partial charge is 0.326 e. The number of benzene rings is 2. The molecular formula is C18H18BrN3O2. The minimum atomic E-state index is -0.498. The van der Waals surface area contributed by atoms with E-state index in [4.69, 9.17) is 0 Å². The van der Waals surface area contributed by atoms with Crippen LogP contribution in [0.4, 0.5) is 16.2 Å². The molecule has 2 aromatic rings. The van der Waals surface area contributed by atoms with Crippen molar-refractivity contribution in [2.45, 2.75) is 19.4 Å². The first-order chi connectivity index (χ1) is 11.5. The van der Waals surface area contributed by atoms with Gasteiger partial charge in [-0.15, -0.1) is 0 Å². The summed E-state index contributed by atoms with van der Waals surface area (Å²) in [6.45, 7) is 2.61. The molecule has 1 heterocycles. The average Bonchev–Trinajstić information content (AvgIpc) is 2.91. The summed E-state index contributed by atoms with van der Waals surface area (Å²) >= 11 is 3.35. The van der Waals surface area contributed by atoms with Gasteiger partial charge in [0.05, 0.1) is 0 Å². The van der Waals surface area contributed by atoms with E-state index in [1.54, 1.807) is 17.0 Å². The number of hydrogen-bond acceptors (Lipinski definition) is 2. The molecule has 0 bridgehead atoms. The molecule has 0 spiro atoms. The standard InChI is InChI=1S/C18H18BrN3O2/c1-12-2-8-15(9-3-12)22-11-10-16(17(22)23)21-18(24)20-14-6-4-13(19)5-7-14/h2-9,16H,10-11H2,1H3,(H2,20,21,24). The Hall–Kier alpha value is -2.34. The molecule has 1 aliphatic heterocycles. The van der Waals surface area contributed by atoms with Crippen LogP contribution in [0.5, 0.6) is 0 Å². The summed E-state index contributed by atoms with van der Waals surface area (Å²) in [5, 5.41) is 5.49. The summed E-state index contributed by atoms with van der Waals surface area (Å²) in [5.41, 5.74) is 2.69. The quantitative estimate of drug-likeness (QED) is 0.843. The van der Waals surface area contributed by atoms with Crippen LogP contribution in [0.3, 0.4) is 0 Å². The fourth-order valence-corrected chi connectivity index (χ4v) is 2.92. The maximum Gasteiger partial charge on any atom is 0.319 e. The first-order valence-corrected chi connectivity index (χ1v) is 8.53.